The molecule has 0 heterocycles. The summed E-state index contributed by atoms with van der Waals surface area (Å²) in [4.78, 5) is 0. The van der Waals surface area contributed by atoms with E-state index in [4.69, 9.17) is 0 Å². The van der Waals surface area contributed by atoms with Crippen molar-refractivity contribution in [3.05, 3.63) is 54.1 Å². The third-order valence-corrected chi connectivity index (χ3v) is 2.34. The molecule has 0 aliphatic heterocycles. The Bertz CT molecular complexity index is 518. The van der Waals surface area contributed by atoms with Crippen LogP contribution in [0.4, 0.5) is 13.2 Å². The minimum atomic E-state index is -4.50. The first-order valence-electron chi connectivity index (χ1n) is 4.91. The van der Waals surface area contributed by atoms with Crippen LogP contribution in [0.5, 0.6) is 5.75 Å². The summed E-state index contributed by atoms with van der Waals surface area (Å²) in [6, 6.07) is 11.3. The molecule has 0 aliphatic carbocycles. The van der Waals surface area contributed by atoms with Gasteiger partial charge < -0.3 is 0 Å². The number of hydrogen-bond donors (Lipinski definition) is 0. The topological polar surface area (TPSA) is 19.9 Å². The lowest BCUT2D eigenvalue weighted by Gasteiger charge is -2.09. The van der Waals surface area contributed by atoms with E-state index in [0.29, 0.717) is 11.6 Å². The molecular formula is C13H8F3O. The van der Waals surface area contributed by atoms with E-state index in [2.05, 4.69) is 0 Å². The molecule has 0 amide bonds. The average molecular weight is 237 g/mol. The number of alkyl halides is 3. The van der Waals surface area contributed by atoms with Gasteiger partial charge in [0.2, 0.25) is 0 Å². The zero-order chi connectivity index (χ0) is 12.5. The molecule has 2 rings (SSSR count). The van der Waals surface area contributed by atoms with Gasteiger partial charge in [0, 0.05) is 0 Å². The van der Waals surface area contributed by atoms with Crippen molar-refractivity contribution in [3.63, 3.8) is 0 Å². The lowest BCUT2D eigenvalue weighted by Crippen LogP contribution is -2.04. The second kappa shape index (κ2) is 4.13. The smallest absolute Gasteiger partial charge is 0.290 e. The molecule has 0 fully saturated rings. The maximum Gasteiger partial charge on any atom is 0.416 e. The zero-order valence-electron chi connectivity index (χ0n) is 8.66. The molecular weight excluding hydrogens is 229 g/mol. The SMILES string of the molecule is [O]c1cc(-c2ccccc2)cc(C(F)(F)F)c1. The van der Waals surface area contributed by atoms with Gasteiger partial charge in [0.25, 0.3) is 0 Å². The Labute approximate surface area is 96.1 Å². The molecule has 87 valence electrons. The van der Waals surface area contributed by atoms with Gasteiger partial charge >= 0.3 is 6.18 Å². The Morgan fingerprint density at radius 3 is 2.06 bits per heavy atom. The van der Waals surface area contributed by atoms with Crippen LogP contribution in [-0.4, -0.2) is 0 Å². The average Bonchev–Trinajstić information content (AvgIpc) is 2.28. The van der Waals surface area contributed by atoms with Gasteiger partial charge in [0.1, 0.15) is 0 Å². The summed E-state index contributed by atoms with van der Waals surface area (Å²) in [5, 5.41) is 11.2. The Morgan fingerprint density at radius 2 is 1.47 bits per heavy atom. The minimum Gasteiger partial charge on any atom is -0.290 e. The summed E-state index contributed by atoms with van der Waals surface area (Å²) in [7, 11) is 0. The van der Waals surface area contributed by atoms with E-state index in [1.807, 2.05) is 0 Å². The second-order valence-electron chi connectivity index (χ2n) is 3.61. The molecule has 0 bridgehead atoms. The van der Waals surface area contributed by atoms with E-state index in [0.717, 1.165) is 6.07 Å². The predicted octanol–water partition coefficient (Wildman–Crippen LogP) is 4.52. The van der Waals surface area contributed by atoms with Crippen LogP contribution in [0, 0.1) is 0 Å². The predicted molar refractivity (Wildman–Crippen MR) is 57.0 cm³/mol. The van der Waals surface area contributed by atoms with Crippen LogP contribution in [0.1, 0.15) is 5.56 Å². The van der Waals surface area contributed by atoms with Gasteiger partial charge in [-0.15, -0.1) is 0 Å². The van der Waals surface area contributed by atoms with Crippen molar-refractivity contribution in [1.82, 2.24) is 0 Å². The second-order valence-corrected chi connectivity index (χ2v) is 3.61. The fraction of sp³-hybridized carbons (Fsp3) is 0.0769. The summed E-state index contributed by atoms with van der Waals surface area (Å²) in [5.41, 5.74) is -0.0371. The van der Waals surface area contributed by atoms with Crippen LogP contribution in [0.15, 0.2) is 48.5 Å². The molecule has 0 aromatic heterocycles. The highest BCUT2D eigenvalue weighted by atomic mass is 19.4. The lowest BCUT2D eigenvalue weighted by molar-refractivity contribution is -0.137. The summed E-state index contributed by atoms with van der Waals surface area (Å²) in [5.74, 6) is -0.640. The fourth-order valence-corrected chi connectivity index (χ4v) is 1.56. The molecule has 0 N–H and O–H groups in total. The van der Waals surface area contributed by atoms with E-state index in [1.165, 1.54) is 6.07 Å². The molecule has 0 atom stereocenters. The van der Waals surface area contributed by atoms with Gasteiger partial charge in [-0.2, -0.15) is 13.2 Å². The normalized spacial score (nSPS) is 11.5. The van der Waals surface area contributed by atoms with Crippen molar-refractivity contribution in [3.8, 4) is 16.9 Å². The van der Waals surface area contributed by atoms with E-state index in [1.54, 1.807) is 30.3 Å². The molecule has 1 radical (unpaired) electrons. The summed E-state index contributed by atoms with van der Waals surface area (Å²) in [6.07, 6.45) is -4.50. The molecule has 4 heteroatoms. The van der Waals surface area contributed by atoms with Crippen molar-refractivity contribution >= 4 is 0 Å². The largest absolute Gasteiger partial charge is 0.416 e. The highest BCUT2D eigenvalue weighted by Crippen LogP contribution is 2.35. The van der Waals surface area contributed by atoms with E-state index in [-0.39, 0.29) is 5.56 Å². The van der Waals surface area contributed by atoms with Crippen LogP contribution < -0.4 is 0 Å². The van der Waals surface area contributed by atoms with Crippen LogP contribution in [0.2, 0.25) is 0 Å². The molecule has 2 aromatic carbocycles. The summed E-state index contributed by atoms with van der Waals surface area (Å²) < 4.78 is 37.6. The van der Waals surface area contributed by atoms with Crippen LogP contribution in [0.3, 0.4) is 0 Å². The highest BCUT2D eigenvalue weighted by molar-refractivity contribution is 5.66. The maximum absolute atomic E-state index is 12.5. The summed E-state index contributed by atoms with van der Waals surface area (Å²) >= 11 is 0. The van der Waals surface area contributed by atoms with Crippen LogP contribution in [0.25, 0.3) is 11.1 Å². The third-order valence-electron chi connectivity index (χ3n) is 2.34. The molecule has 2 aromatic rings. The number of halogens is 3. The molecule has 0 spiro atoms. The quantitative estimate of drug-likeness (QED) is 0.695. The number of hydrogen-bond acceptors (Lipinski definition) is 0. The van der Waals surface area contributed by atoms with Crippen LogP contribution >= 0.6 is 0 Å². The first-order chi connectivity index (χ1) is 7.97. The van der Waals surface area contributed by atoms with Gasteiger partial charge in [0.15, 0.2) is 5.75 Å². The highest BCUT2D eigenvalue weighted by Gasteiger charge is 2.31. The van der Waals surface area contributed by atoms with Gasteiger partial charge in [-0.3, -0.25) is 5.11 Å². The Hall–Kier alpha value is -1.97. The monoisotopic (exact) mass is 237 g/mol. The minimum absolute atomic E-state index is 0.283. The maximum atomic E-state index is 12.5. The fourth-order valence-electron chi connectivity index (χ4n) is 1.56. The zero-order valence-corrected chi connectivity index (χ0v) is 8.66. The van der Waals surface area contributed by atoms with Crippen molar-refractivity contribution in [2.75, 3.05) is 0 Å². The molecule has 1 nitrogen and oxygen atoms in total. The third kappa shape index (κ3) is 2.58. The molecule has 0 saturated heterocycles. The van der Waals surface area contributed by atoms with Gasteiger partial charge in [-0.05, 0) is 29.3 Å². The Balaban J connectivity index is 2.54. The van der Waals surface area contributed by atoms with Gasteiger partial charge in [-0.25, -0.2) is 0 Å². The van der Waals surface area contributed by atoms with Crippen molar-refractivity contribution in [2.24, 2.45) is 0 Å². The van der Waals surface area contributed by atoms with E-state index in [9.17, 15) is 18.3 Å². The van der Waals surface area contributed by atoms with E-state index < -0.39 is 17.5 Å². The molecule has 0 aliphatic rings. The molecule has 17 heavy (non-hydrogen) atoms. The summed E-state index contributed by atoms with van der Waals surface area (Å²) in [6.45, 7) is 0. The Kier molecular flexibility index (Phi) is 2.79. The first-order valence-corrected chi connectivity index (χ1v) is 4.91. The first kappa shape index (κ1) is 11.5. The van der Waals surface area contributed by atoms with Crippen molar-refractivity contribution in [1.29, 1.82) is 0 Å². The standard InChI is InChI=1S/C13H8F3O/c14-13(15,16)11-6-10(7-12(17)8-11)9-4-2-1-3-5-9/h1-8H. The van der Waals surface area contributed by atoms with Crippen molar-refractivity contribution < 1.29 is 18.3 Å². The van der Waals surface area contributed by atoms with Crippen molar-refractivity contribution in [2.45, 2.75) is 6.18 Å². The Morgan fingerprint density at radius 1 is 0.824 bits per heavy atom. The number of rotatable bonds is 1. The van der Waals surface area contributed by atoms with Gasteiger partial charge in [-0.1, -0.05) is 30.3 Å². The molecule has 0 saturated carbocycles. The van der Waals surface area contributed by atoms with Gasteiger partial charge in [0.05, 0.1) is 5.56 Å². The molecule has 0 unspecified atom stereocenters. The lowest BCUT2D eigenvalue weighted by atomic mass is 10.0. The van der Waals surface area contributed by atoms with Crippen LogP contribution in [-0.2, 0) is 11.3 Å². The van der Waals surface area contributed by atoms with E-state index >= 15 is 0 Å². The number of benzene rings is 2.